The van der Waals surface area contributed by atoms with E-state index in [-0.39, 0.29) is 47.7 Å². The molecule has 7 nitrogen and oxygen atoms in total. The highest BCUT2D eigenvalue weighted by Gasteiger charge is 2.36. The molecular weight excluding hydrogens is 452 g/mol. The van der Waals surface area contributed by atoms with Crippen LogP contribution >= 0.6 is 0 Å². The van der Waals surface area contributed by atoms with Gasteiger partial charge in [-0.3, -0.25) is 19.3 Å². The van der Waals surface area contributed by atoms with Crippen molar-refractivity contribution in [2.24, 2.45) is 11.8 Å². The van der Waals surface area contributed by atoms with Crippen molar-refractivity contribution in [3.05, 3.63) is 11.6 Å². The molecule has 1 N–H and O–H groups in total. The Kier molecular flexibility index (Phi) is 11.9. The lowest BCUT2D eigenvalue weighted by molar-refractivity contribution is -0.140. The molecule has 0 radical (unpaired) electrons. The number of amides is 3. The highest BCUT2D eigenvalue weighted by atomic mass is 16.2. The van der Waals surface area contributed by atoms with E-state index in [1.165, 1.54) is 12.8 Å². The van der Waals surface area contributed by atoms with Gasteiger partial charge in [0, 0.05) is 31.8 Å². The molecule has 0 spiro atoms. The topological polar surface area (TPSA) is 73.0 Å². The monoisotopic (exact) mass is 504 g/mol. The van der Waals surface area contributed by atoms with Gasteiger partial charge in [0.05, 0.1) is 12.1 Å². The Labute approximate surface area is 220 Å². The maximum atomic E-state index is 13.7. The normalized spacial score (nSPS) is 21.9. The van der Waals surface area contributed by atoms with Crippen molar-refractivity contribution in [1.82, 2.24) is 20.0 Å². The van der Waals surface area contributed by atoms with Gasteiger partial charge in [-0.1, -0.05) is 53.0 Å². The number of likely N-dealkylation sites (tertiary alicyclic amines) is 2. The summed E-state index contributed by atoms with van der Waals surface area (Å²) in [5.41, 5.74) is 0.690. The Hall–Kier alpha value is -1.89. The molecule has 2 rings (SSSR count). The van der Waals surface area contributed by atoms with Gasteiger partial charge in [0.2, 0.25) is 17.7 Å². The fraction of sp³-hybridized carbons (Fsp3) is 0.828. The molecule has 1 unspecified atom stereocenters. The molecule has 0 aromatic rings. The highest BCUT2D eigenvalue weighted by molar-refractivity contribution is 5.93. The van der Waals surface area contributed by atoms with E-state index in [0.717, 1.165) is 51.7 Å². The van der Waals surface area contributed by atoms with Crippen molar-refractivity contribution in [3.63, 3.8) is 0 Å². The SMILES string of the molecule is CC(=C[C@H](C(C)C)N(C)C(=O)[C@@H](NC(=O)C1CCCCN1C(C)C)C(C)C)C(=O)N1CCCCCC1. The second-order valence-electron chi connectivity index (χ2n) is 11.8. The molecule has 0 bridgehead atoms. The average Bonchev–Trinajstić information content (AvgIpc) is 3.13. The van der Waals surface area contributed by atoms with Crippen LogP contribution in [0.15, 0.2) is 11.6 Å². The van der Waals surface area contributed by atoms with E-state index < -0.39 is 6.04 Å². The molecular formula is C29H52N4O3. The third kappa shape index (κ3) is 8.06. The molecule has 3 atom stereocenters. The van der Waals surface area contributed by atoms with E-state index in [2.05, 4.69) is 37.9 Å². The van der Waals surface area contributed by atoms with Gasteiger partial charge >= 0.3 is 0 Å². The molecule has 0 aliphatic carbocycles. The third-order valence-corrected chi connectivity index (χ3v) is 7.87. The first kappa shape index (κ1) is 30.3. The van der Waals surface area contributed by atoms with Crippen LogP contribution in [-0.2, 0) is 14.4 Å². The predicted molar refractivity (Wildman–Crippen MR) is 146 cm³/mol. The second kappa shape index (κ2) is 14.2. The molecule has 206 valence electrons. The van der Waals surface area contributed by atoms with Crippen molar-refractivity contribution in [2.45, 2.75) is 118 Å². The summed E-state index contributed by atoms with van der Waals surface area (Å²) in [7, 11) is 1.80. The summed E-state index contributed by atoms with van der Waals surface area (Å²) >= 11 is 0. The zero-order valence-electron chi connectivity index (χ0n) is 24.2. The molecule has 2 fully saturated rings. The van der Waals surface area contributed by atoms with Gasteiger partial charge in [-0.25, -0.2) is 0 Å². The Morgan fingerprint density at radius 1 is 0.861 bits per heavy atom. The predicted octanol–water partition coefficient (Wildman–Crippen LogP) is 4.22. The van der Waals surface area contributed by atoms with Gasteiger partial charge in [0.1, 0.15) is 6.04 Å². The number of hydrogen-bond donors (Lipinski definition) is 1. The molecule has 2 aliphatic heterocycles. The van der Waals surface area contributed by atoms with E-state index in [4.69, 9.17) is 0 Å². The smallest absolute Gasteiger partial charge is 0.249 e. The number of piperidine rings is 1. The number of rotatable bonds is 9. The largest absolute Gasteiger partial charge is 0.343 e. The fourth-order valence-corrected chi connectivity index (χ4v) is 5.58. The molecule has 0 aromatic heterocycles. The lowest BCUT2D eigenvalue weighted by atomic mass is 9.95. The van der Waals surface area contributed by atoms with Gasteiger partial charge in [0.15, 0.2) is 0 Å². The maximum absolute atomic E-state index is 13.7. The number of nitrogens with one attached hydrogen (secondary N) is 1. The molecule has 2 heterocycles. The first-order chi connectivity index (χ1) is 17.0. The Morgan fingerprint density at radius 2 is 1.44 bits per heavy atom. The van der Waals surface area contributed by atoms with Crippen LogP contribution in [0.25, 0.3) is 0 Å². The summed E-state index contributed by atoms with van der Waals surface area (Å²) in [4.78, 5) is 46.2. The summed E-state index contributed by atoms with van der Waals surface area (Å²) in [6, 6.07) is -0.729. The van der Waals surface area contributed by atoms with E-state index >= 15 is 0 Å². The average molecular weight is 505 g/mol. The van der Waals surface area contributed by atoms with Crippen LogP contribution in [0.3, 0.4) is 0 Å². The van der Waals surface area contributed by atoms with Crippen molar-refractivity contribution in [1.29, 1.82) is 0 Å². The van der Waals surface area contributed by atoms with E-state index in [0.29, 0.717) is 5.57 Å². The summed E-state index contributed by atoms with van der Waals surface area (Å²) in [6.07, 6.45) is 9.38. The van der Waals surface area contributed by atoms with Gasteiger partial charge in [-0.05, 0) is 64.8 Å². The number of carbonyl (C=O) groups excluding carboxylic acids is 3. The van der Waals surface area contributed by atoms with Crippen LogP contribution in [0.5, 0.6) is 0 Å². The maximum Gasteiger partial charge on any atom is 0.249 e. The van der Waals surface area contributed by atoms with Gasteiger partial charge in [0.25, 0.3) is 0 Å². The van der Waals surface area contributed by atoms with Gasteiger partial charge in [-0.2, -0.15) is 0 Å². The molecule has 2 saturated heterocycles. The first-order valence-corrected chi connectivity index (χ1v) is 14.3. The van der Waals surface area contributed by atoms with Gasteiger partial charge < -0.3 is 15.1 Å². The zero-order valence-corrected chi connectivity index (χ0v) is 24.2. The quantitative estimate of drug-likeness (QED) is 0.477. The molecule has 2 aliphatic rings. The van der Waals surface area contributed by atoms with Crippen molar-refractivity contribution in [3.8, 4) is 0 Å². The molecule has 7 heteroatoms. The number of hydrogen-bond acceptors (Lipinski definition) is 4. The van der Waals surface area contributed by atoms with Crippen LogP contribution in [0.4, 0.5) is 0 Å². The molecule has 36 heavy (non-hydrogen) atoms. The molecule has 0 aromatic carbocycles. The van der Waals surface area contributed by atoms with Crippen molar-refractivity contribution >= 4 is 17.7 Å². The summed E-state index contributed by atoms with van der Waals surface area (Å²) in [5.74, 6) is 0.00663. The standard InChI is InChI=1S/C29H52N4O3/c1-20(2)25(19-23(7)28(35)32-16-12-9-10-13-17-32)31(8)29(36)26(21(3)4)30-27(34)24-15-11-14-18-33(24)22(5)6/h19-22,24-26H,9-18H2,1-8H3,(H,30,34)/t24?,25-,26+/m1/s1. The van der Waals surface area contributed by atoms with Crippen LogP contribution in [0.1, 0.15) is 93.4 Å². The Morgan fingerprint density at radius 3 is 1.97 bits per heavy atom. The van der Waals surface area contributed by atoms with Crippen LogP contribution < -0.4 is 5.32 Å². The minimum Gasteiger partial charge on any atom is -0.343 e. The lowest BCUT2D eigenvalue weighted by Crippen LogP contribution is -2.58. The van der Waals surface area contributed by atoms with Gasteiger partial charge in [-0.15, -0.1) is 0 Å². The Balaban J connectivity index is 2.17. The minimum absolute atomic E-state index is 0.0448. The van der Waals surface area contributed by atoms with Crippen LogP contribution in [0, 0.1) is 11.8 Å². The summed E-state index contributed by atoms with van der Waals surface area (Å²) in [5, 5.41) is 3.11. The molecule has 3 amide bonds. The highest BCUT2D eigenvalue weighted by Crippen LogP contribution is 2.22. The second-order valence-corrected chi connectivity index (χ2v) is 11.8. The summed E-state index contributed by atoms with van der Waals surface area (Å²) < 4.78 is 0. The zero-order chi connectivity index (χ0) is 27.0. The van der Waals surface area contributed by atoms with Crippen LogP contribution in [-0.4, -0.2) is 83.3 Å². The van der Waals surface area contributed by atoms with Crippen molar-refractivity contribution < 1.29 is 14.4 Å². The molecule has 0 saturated carbocycles. The third-order valence-electron chi connectivity index (χ3n) is 7.87. The minimum atomic E-state index is -0.602. The van der Waals surface area contributed by atoms with E-state index in [1.807, 2.05) is 31.7 Å². The van der Waals surface area contributed by atoms with Crippen molar-refractivity contribution in [2.75, 3.05) is 26.7 Å². The first-order valence-electron chi connectivity index (χ1n) is 14.3. The summed E-state index contributed by atoms with van der Waals surface area (Å²) in [6.45, 7) is 16.7. The number of likely N-dealkylation sites (N-methyl/N-ethyl adjacent to an activating group) is 1. The van der Waals surface area contributed by atoms with E-state index in [9.17, 15) is 14.4 Å². The number of carbonyl (C=O) groups is 3. The number of nitrogens with zero attached hydrogens (tertiary/aromatic N) is 3. The Bertz CT molecular complexity index is 768. The fourth-order valence-electron chi connectivity index (χ4n) is 5.58. The lowest BCUT2D eigenvalue weighted by Gasteiger charge is -2.39. The van der Waals surface area contributed by atoms with Crippen LogP contribution in [0.2, 0.25) is 0 Å². The van der Waals surface area contributed by atoms with E-state index in [1.54, 1.807) is 11.9 Å².